The maximum absolute atomic E-state index is 12.6. The topological polar surface area (TPSA) is 113 Å². The number of nitrogens with zero attached hydrogens (tertiary/aromatic N) is 3. The van der Waals surface area contributed by atoms with Gasteiger partial charge in [-0.15, -0.1) is 0 Å². The van der Waals surface area contributed by atoms with Crippen molar-refractivity contribution < 1.29 is 8.42 Å². The van der Waals surface area contributed by atoms with Crippen molar-refractivity contribution in [1.82, 2.24) is 14.3 Å². The fraction of sp³-hybridized carbons (Fsp3) is 0.444. The van der Waals surface area contributed by atoms with E-state index >= 15 is 0 Å². The van der Waals surface area contributed by atoms with Crippen molar-refractivity contribution >= 4 is 33.0 Å². The zero-order valence-electron chi connectivity index (χ0n) is 16.4. The van der Waals surface area contributed by atoms with E-state index in [9.17, 15) is 8.42 Å². The van der Waals surface area contributed by atoms with Gasteiger partial charge >= 0.3 is 0 Å². The fourth-order valence-electron chi connectivity index (χ4n) is 2.51. The molecule has 1 aromatic carbocycles. The Kier molecular flexibility index (Phi) is 6.27. The highest BCUT2D eigenvalue weighted by Gasteiger charge is 2.21. The summed E-state index contributed by atoms with van der Waals surface area (Å²) in [5, 5.41) is 6.34. The van der Waals surface area contributed by atoms with Crippen LogP contribution in [0.5, 0.6) is 0 Å². The monoisotopic (exact) mass is 392 g/mol. The maximum atomic E-state index is 12.6. The minimum atomic E-state index is -3.48. The number of nitrogens with one attached hydrogen (secondary N) is 2. The normalized spacial score (nSPS) is 12.2. The molecule has 0 aliphatic heterocycles. The number of rotatable bonds is 7. The lowest BCUT2D eigenvalue weighted by molar-refractivity contribution is 0.445. The van der Waals surface area contributed by atoms with E-state index in [1.807, 2.05) is 34.6 Å². The molecule has 0 amide bonds. The van der Waals surface area contributed by atoms with Crippen molar-refractivity contribution in [3.63, 3.8) is 0 Å². The van der Waals surface area contributed by atoms with Crippen molar-refractivity contribution in [2.75, 3.05) is 29.5 Å². The maximum Gasteiger partial charge on any atom is 0.243 e. The summed E-state index contributed by atoms with van der Waals surface area (Å²) in [5.41, 5.74) is 7.04. The predicted molar refractivity (Wildman–Crippen MR) is 110 cm³/mol. The van der Waals surface area contributed by atoms with Crippen molar-refractivity contribution in [2.24, 2.45) is 0 Å². The summed E-state index contributed by atoms with van der Waals surface area (Å²) < 4.78 is 26.5. The van der Waals surface area contributed by atoms with E-state index in [0.717, 1.165) is 0 Å². The Morgan fingerprint density at radius 1 is 1.04 bits per heavy atom. The molecule has 2 rings (SSSR count). The van der Waals surface area contributed by atoms with Gasteiger partial charge in [-0.05, 0) is 45.0 Å². The third-order valence-corrected chi connectivity index (χ3v) is 5.90. The van der Waals surface area contributed by atoms with Crippen LogP contribution in [0.15, 0.2) is 35.5 Å². The Labute approximate surface area is 161 Å². The Bertz CT molecular complexity index is 872. The fourth-order valence-corrected chi connectivity index (χ4v) is 3.97. The average molecular weight is 393 g/mol. The van der Waals surface area contributed by atoms with Gasteiger partial charge in [-0.25, -0.2) is 18.4 Å². The number of benzene rings is 1. The molecule has 0 radical (unpaired) electrons. The Morgan fingerprint density at radius 3 is 2.11 bits per heavy atom. The molecule has 0 saturated heterocycles. The number of nitrogen functional groups attached to an aromatic ring is 1. The first-order valence-electron chi connectivity index (χ1n) is 8.84. The first-order valence-corrected chi connectivity index (χ1v) is 10.3. The first kappa shape index (κ1) is 20.9. The summed E-state index contributed by atoms with van der Waals surface area (Å²) in [4.78, 5) is 8.61. The van der Waals surface area contributed by atoms with Crippen LogP contribution < -0.4 is 16.4 Å². The Hall–Kier alpha value is -2.39. The third-order valence-electron chi connectivity index (χ3n) is 3.84. The Balaban J connectivity index is 2.24. The quantitative estimate of drug-likeness (QED) is 0.663. The molecule has 148 valence electrons. The summed E-state index contributed by atoms with van der Waals surface area (Å²) in [6.45, 7) is 10.5. The lowest BCUT2D eigenvalue weighted by Gasteiger charge is -2.23. The molecule has 8 nitrogen and oxygen atoms in total. The van der Waals surface area contributed by atoms with Gasteiger partial charge in [0.15, 0.2) is 11.6 Å². The van der Waals surface area contributed by atoms with E-state index in [4.69, 9.17) is 5.73 Å². The second-order valence-corrected chi connectivity index (χ2v) is 9.04. The van der Waals surface area contributed by atoms with Gasteiger partial charge in [0.2, 0.25) is 10.0 Å². The molecule has 0 aliphatic carbocycles. The molecule has 2 aromatic rings. The van der Waals surface area contributed by atoms with Gasteiger partial charge in [-0.2, -0.15) is 4.31 Å². The second-order valence-electron chi connectivity index (χ2n) is 7.10. The number of anilines is 4. The van der Waals surface area contributed by atoms with Gasteiger partial charge in [0.1, 0.15) is 12.0 Å². The number of hydrogen-bond donors (Lipinski definition) is 3. The number of hydrogen-bond acceptors (Lipinski definition) is 7. The first-order chi connectivity index (χ1) is 12.6. The summed E-state index contributed by atoms with van der Waals surface area (Å²) in [6, 6.07) is 6.52. The second kappa shape index (κ2) is 8.10. The smallest absolute Gasteiger partial charge is 0.243 e. The van der Waals surface area contributed by atoms with Crippen LogP contribution in [-0.4, -0.2) is 41.3 Å². The molecule has 9 heteroatoms. The third kappa shape index (κ3) is 5.08. The molecule has 1 heterocycles. The largest absolute Gasteiger partial charge is 0.393 e. The van der Waals surface area contributed by atoms with E-state index in [2.05, 4.69) is 20.6 Å². The Morgan fingerprint density at radius 2 is 1.59 bits per heavy atom. The number of aromatic nitrogens is 2. The highest BCUT2D eigenvalue weighted by molar-refractivity contribution is 7.89. The summed E-state index contributed by atoms with van der Waals surface area (Å²) >= 11 is 0. The molecule has 27 heavy (non-hydrogen) atoms. The molecule has 0 bridgehead atoms. The van der Waals surface area contributed by atoms with Gasteiger partial charge in [0.25, 0.3) is 0 Å². The van der Waals surface area contributed by atoms with Crippen molar-refractivity contribution in [2.45, 2.75) is 45.1 Å². The molecule has 0 spiro atoms. The standard InChI is InChI=1S/C18H28N6O2S/c1-6-24(7-2)27(25,26)14-10-8-13(9-11-14)22-16-15(19)17(21-12-20-16)23-18(3,4)5/h8-12H,6-7,19H2,1-5H3,(H2,20,21,22,23). The molecule has 0 fully saturated rings. The molecular weight excluding hydrogens is 364 g/mol. The van der Waals surface area contributed by atoms with Crippen LogP contribution in [0, 0.1) is 0 Å². The van der Waals surface area contributed by atoms with E-state index in [-0.39, 0.29) is 10.4 Å². The molecule has 0 unspecified atom stereocenters. The van der Waals surface area contributed by atoms with Crippen LogP contribution in [0.1, 0.15) is 34.6 Å². The van der Waals surface area contributed by atoms with Crippen molar-refractivity contribution in [3.05, 3.63) is 30.6 Å². The summed E-state index contributed by atoms with van der Waals surface area (Å²) in [7, 11) is -3.48. The minimum absolute atomic E-state index is 0.194. The van der Waals surface area contributed by atoms with E-state index < -0.39 is 10.0 Å². The van der Waals surface area contributed by atoms with Crippen LogP contribution in [0.4, 0.5) is 23.0 Å². The summed E-state index contributed by atoms with van der Waals surface area (Å²) in [5.74, 6) is 0.997. The van der Waals surface area contributed by atoms with Gasteiger partial charge in [-0.3, -0.25) is 0 Å². The van der Waals surface area contributed by atoms with Crippen LogP contribution in [-0.2, 0) is 10.0 Å². The van der Waals surface area contributed by atoms with Crippen LogP contribution in [0.25, 0.3) is 0 Å². The van der Waals surface area contributed by atoms with Gasteiger partial charge in [0, 0.05) is 24.3 Å². The molecule has 1 aromatic heterocycles. The van der Waals surface area contributed by atoms with Gasteiger partial charge < -0.3 is 16.4 Å². The minimum Gasteiger partial charge on any atom is -0.393 e. The highest BCUT2D eigenvalue weighted by atomic mass is 32.2. The molecule has 4 N–H and O–H groups in total. The van der Waals surface area contributed by atoms with E-state index in [1.54, 1.807) is 24.3 Å². The van der Waals surface area contributed by atoms with Crippen molar-refractivity contribution in [3.8, 4) is 0 Å². The predicted octanol–water partition coefficient (Wildman–Crippen LogP) is 3.04. The van der Waals surface area contributed by atoms with Crippen LogP contribution in [0.2, 0.25) is 0 Å². The zero-order valence-corrected chi connectivity index (χ0v) is 17.3. The average Bonchev–Trinajstić information content (AvgIpc) is 2.58. The van der Waals surface area contributed by atoms with Crippen LogP contribution >= 0.6 is 0 Å². The lowest BCUT2D eigenvalue weighted by atomic mass is 10.1. The number of nitrogens with two attached hydrogens (primary N) is 1. The molecule has 0 aliphatic rings. The SMILES string of the molecule is CCN(CC)S(=O)(=O)c1ccc(Nc2ncnc(NC(C)(C)C)c2N)cc1. The molecule has 0 atom stereocenters. The van der Waals surface area contributed by atoms with Crippen molar-refractivity contribution in [1.29, 1.82) is 0 Å². The van der Waals surface area contributed by atoms with E-state index in [1.165, 1.54) is 10.6 Å². The van der Waals surface area contributed by atoms with Gasteiger partial charge in [0.05, 0.1) is 4.90 Å². The van der Waals surface area contributed by atoms with Crippen LogP contribution in [0.3, 0.4) is 0 Å². The molecule has 0 saturated carbocycles. The van der Waals surface area contributed by atoms with Gasteiger partial charge in [-0.1, -0.05) is 13.8 Å². The lowest BCUT2D eigenvalue weighted by Crippen LogP contribution is -2.30. The highest BCUT2D eigenvalue weighted by Crippen LogP contribution is 2.28. The van der Waals surface area contributed by atoms with E-state index in [0.29, 0.717) is 36.1 Å². The molecular formula is C18H28N6O2S. The summed E-state index contributed by atoms with van der Waals surface area (Å²) in [6.07, 6.45) is 1.42. The number of sulfonamides is 1. The zero-order chi connectivity index (χ0) is 20.2.